The Morgan fingerprint density at radius 1 is 1.47 bits per heavy atom. The van der Waals surface area contributed by atoms with Gasteiger partial charge < -0.3 is 11.1 Å². The molecule has 0 saturated heterocycles. The lowest BCUT2D eigenvalue weighted by Crippen LogP contribution is -2.42. The van der Waals surface area contributed by atoms with E-state index in [2.05, 4.69) is 29.1 Å². The quantitative estimate of drug-likeness (QED) is 0.793. The summed E-state index contributed by atoms with van der Waals surface area (Å²) < 4.78 is 0. The van der Waals surface area contributed by atoms with Crippen molar-refractivity contribution in [2.45, 2.75) is 45.1 Å². The van der Waals surface area contributed by atoms with E-state index in [9.17, 15) is 0 Å². The highest BCUT2D eigenvalue weighted by atomic mass is 15.1. The molecule has 0 atom stereocenters. The number of anilines is 2. The molecule has 1 aromatic heterocycles. The normalized spacial score (nSPS) is 18.3. The fraction of sp³-hybridized carbons (Fsp3) is 0.636. The van der Waals surface area contributed by atoms with Gasteiger partial charge in [-0.25, -0.2) is 9.97 Å². The maximum absolute atomic E-state index is 5.82. The molecule has 1 heterocycles. The molecule has 1 aromatic rings. The van der Waals surface area contributed by atoms with E-state index in [0.717, 1.165) is 17.8 Å². The Balaban J connectivity index is 2.23. The third kappa shape index (κ3) is 1.89. The first-order chi connectivity index (χ1) is 7.14. The molecular formula is C11H18N4. The highest BCUT2D eigenvalue weighted by Crippen LogP contribution is 2.35. The van der Waals surface area contributed by atoms with Crippen LogP contribution in [0.25, 0.3) is 0 Å². The number of hydrogen-bond donors (Lipinski definition) is 2. The van der Waals surface area contributed by atoms with Gasteiger partial charge in [0.25, 0.3) is 0 Å². The fourth-order valence-electron chi connectivity index (χ4n) is 2.00. The second-order valence-electron chi connectivity index (χ2n) is 4.48. The Bertz CT molecular complexity index is 358. The molecule has 1 aliphatic carbocycles. The van der Waals surface area contributed by atoms with Gasteiger partial charge in [0.1, 0.15) is 18.0 Å². The maximum Gasteiger partial charge on any atom is 0.135 e. The van der Waals surface area contributed by atoms with Crippen molar-refractivity contribution in [3.05, 3.63) is 11.9 Å². The van der Waals surface area contributed by atoms with Gasteiger partial charge >= 0.3 is 0 Å². The van der Waals surface area contributed by atoms with Gasteiger partial charge in [-0.15, -0.1) is 0 Å². The van der Waals surface area contributed by atoms with E-state index in [1.165, 1.54) is 25.6 Å². The number of nitrogens with zero attached hydrogens (tertiary/aromatic N) is 2. The lowest BCUT2D eigenvalue weighted by molar-refractivity contribution is 0.305. The number of nitrogens with one attached hydrogen (secondary N) is 1. The molecule has 4 nitrogen and oxygen atoms in total. The summed E-state index contributed by atoms with van der Waals surface area (Å²) in [4.78, 5) is 8.29. The molecule has 1 aliphatic rings. The third-order valence-electron chi connectivity index (χ3n) is 3.21. The largest absolute Gasteiger partial charge is 0.383 e. The van der Waals surface area contributed by atoms with Crippen LogP contribution < -0.4 is 11.1 Å². The molecule has 0 unspecified atom stereocenters. The van der Waals surface area contributed by atoms with Crippen molar-refractivity contribution in [1.82, 2.24) is 9.97 Å². The maximum atomic E-state index is 5.82. The molecule has 0 radical (unpaired) electrons. The van der Waals surface area contributed by atoms with Crippen LogP contribution in [-0.2, 0) is 6.42 Å². The van der Waals surface area contributed by atoms with Gasteiger partial charge in [0.05, 0.1) is 0 Å². The topological polar surface area (TPSA) is 63.8 Å². The molecule has 15 heavy (non-hydrogen) atoms. The summed E-state index contributed by atoms with van der Waals surface area (Å²) in [5, 5.41) is 3.48. The molecule has 3 N–H and O–H groups in total. The van der Waals surface area contributed by atoms with Crippen LogP contribution in [0.5, 0.6) is 0 Å². The van der Waals surface area contributed by atoms with E-state index in [1.54, 1.807) is 0 Å². The summed E-state index contributed by atoms with van der Waals surface area (Å²) in [7, 11) is 0. The zero-order chi connectivity index (χ0) is 10.9. The fourth-order valence-corrected chi connectivity index (χ4v) is 2.00. The van der Waals surface area contributed by atoms with Crippen molar-refractivity contribution in [3.8, 4) is 0 Å². The van der Waals surface area contributed by atoms with Gasteiger partial charge in [-0.1, -0.05) is 6.92 Å². The Morgan fingerprint density at radius 2 is 2.20 bits per heavy atom. The monoisotopic (exact) mass is 206 g/mol. The van der Waals surface area contributed by atoms with Gasteiger partial charge in [0.2, 0.25) is 0 Å². The minimum Gasteiger partial charge on any atom is -0.383 e. The minimum absolute atomic E-state index is 0.213. The number of rotatable bonds is 3. The highest BCUT2D eigenvalue weighted by Gasteiger charge is 2.32. The molecule has 0 aliphatic heterocycles. The van der Waals surface area contributed by atoms with E-state index in [4.69, 9.17) is 5.73 Å². The Hall–Kier alpha value is -1.32. The number of nitrogen functional groups attached to an aromatic ring is 1. The van der Waals surface area contributed by atoms with E-state index < -0.39 is 0 Å². The second-order valence-corrected chi connectivity index (χ2v) is 4.48. The summed E-state index contributed by atoms with van der Waals surface area (Å²) in [6.45, 7) is 4.30. The van der Waals surface area contributed by atoms with E-state index in [1.807, 2.05) is 0 Å². The number of hydrogen-bond acceptors (Lipinski definition) is 4. The lowest BCUT2D eigenvalue weighted by Gasteiger charge is -2.40. The zero-order valence-corrected chi connectivity index (χ0v) is 9.38. The zero-order valence-electron chi connectivity index (χ0n) is 9.38. The SMILES string of the molecule is CCc1c(N)ncnc1NC1(C)CCC1. The van der Waals surface area contributed by atoms with Crippen molar-refractivity contribution < 1.29 is 0 Å². The Kier molecular flexibility index (Phi) is 2.50. The van der Waals surface area contributed by atoms with Crippen LogP contribution in [0.15, 0.2) is 6.33 Å². The smallest absolute Gasteiger partial charge is 0.135 e. The van der Waals surface area contributed by atoms with Gasteiger partial charge in [0.15, 0.2) is 0 Å². The second kappa shape index (κ2) is 3.68. The lowest BCUT2D eigenvalue weighted by atomic mass is 9.78. The first kappa shape index (κ1) is 10.2. The Labute approximate surface area is 90.3 Å². The van der Waals surface area contributed by atoms with Crippen LogP contribution >= 0.6 is 0 Å². The average Bonchev–Trinajstić information content (AvgIpc) is 2.16. The van der Waals surface area contributed by atoms with Crippen LogP contribution in [-0.4, -0.2) is 15.5 Å². The van der Waals surface area contributed by atoms with Crippen LogP contribution in [0.2, 0.25) is 0 Å². The van der Waals surface area contributed by atoms with E-state index in [-0.39, 0.29) is 5.54 Å². The predicted molar refractivity (Wildman–Crippen MR) is 61.7 cm³/mol. The van der Waals surface area contributed by atoms with Gasteiger partial charge in [-0.3, -0.25) is 0 Å². The first-order valence-corrected chi connectivity index (χ1v) is 5.52. The predicted octanol–water partition coefficient (Wildman–Crippen LogP) is 1.98. The third-order valence-corrected chi connectivity index (χ3v) is 3.21. The summed E-state index contributed by atoms with van der Waals surface area (Å²) in [6.07, 6.45) is 6.11. The van der Waals surface area contributed by atoms with Gasteiger partial charge in [-0.05, 0) is 32.6 Å². The summed E-state index contributed by atoms with van der Waals surface area (Å²) >= 11 is 0. The van der Waals surface area contributed by atoms with Crippen molar-refractivity contribution >= 4 is 11.6 Å². The van der Waals surface area contributed by atoms with Gasteiger partial charge in [-0.2, -0.15) is 0 Å². The van der Waals surface area contributed by atoms with Crippen molar-refractivity contribution in [2.24, 2.45) is 0 Å². The molecule has 0 spiro atoms. The van der Waals surface area contributed by atoms with E-state index >= 15 is 0 Å². The standard InChI is InChI=1S/C11H18N4/c1-3-8-9(12)13-7-14-10(8)15-11(2)5-4-6-11/h7H,3-6H2,1-2H3,(H3,12,13,14,15). The van der Waals surface area contributed by atoms with E-state index in [0.29, 0.717) is 5.82 Å². The van der Waals surface area contributed by atoms with Crippen LogP contribution in [0.1, 0.15) is 38.7 Å². The molecule has 2 rings (SSSR count). The minimum atomic E-state index is 0.213. The van der Waals surface area contributed by atoms with Crippen LogP contribution in [0.3, 0.4) is 0 Å². The number of aromatic nitrogens is 2. The molecular weight excluding hydrogens is 188 g/mol. The molecule has 4 heteroatoms. The first-order valence-electron chi connectivity index (χ1n) is 5.52. The molecule has 1 fully saturated rings. The average molecular weight is 206 g/mol. The van der Waals surface area contributed by atoms with Crippen molar-refractivity contribution in [3.63, 3.8) is 0 Å². The van der Waals surface area contributed by atoms with Gasteiger partial charge in [0, 0.05) is 11.1 Å². The molecule has 0 bridgehead atoms. The number of nitrogens with two attached hydrogens (primary N) is 1. The summed E-state index contributed by atoms with van der Waals surface area (Å²) in [6, 6.07) is 0. The highest BCUT2D eigenvalue weighted by molar-refractivity contribution is 5.56. The molecule has 1 saturated carbocycles. The Morgan fingerprint density at radius 3 is 2.73 bits per heavy atom. The molecule has 0 aromatic carbocycles. The van der Waals surface area contributed by atoms with Crippen molar-refractivity contribution in [1.29, 1.82) is 0 Å². The molecule has 0 amide bonds. The molecule has 82 valence electrons. The van der Waals surface area contributed by atoms with Crippen molar-refractivity contribution in [2.75, 3.05) is 11.1 Å². The summed E-state index contributed by atoms with van der Waals surface area (Å²) in [5.41, 5.74) is 7.07. The summed E-state index contributed by atoms with van der Waals surface area (Å²) in [5.74, 6) is 1.50. The van der Waals surface area contributed by atoms with Crippen LogP contribution in [0, 0.1) is 0 Å². The van der Waals surface area contributed by atoms with Crippen LogP contribution in [0.4, 0.5) is 11.6 Å².